The molecular weight excluding hydrogens is 545 g/mol. The van der Waals surface area contributed by atoms with Crippen molar-refractivity contribution in [2.75, 3.05) is 25.5 Å². The van der Waals surface area contributed by atoms with Crippen molar-refractivity contribution in [3.05, 3.63) is 78.0 Å². The van der Waals surface area contributed by atoms with Crippen LogP contribution in [-0.4, -0.2) is 76.0 Å². The third-order valence-electron chi connectivity index (χ3n) is 7.37. The standard InChI is InChI=1S/C30H28FN5O6/c1-40-30(39)26-25(42-26)29(38)36-12-6-5-7-17(15-36)35-28-23-21(14-32-27(23)33-16-34-28)24(37)20-11-10-19(13-22(20)31)41-18-8-3-2-4-9-18/h2-4,8-11,13-14,16-17,25-26H,5-7,12,15H2,1H3,(H2,32,33,34,35). The number of methoxy groups -OCH3 is 1. The maximum atomic E-state index is 15.2. The van der Waals surface area contributed by atoms with Crippen LogP contribution in [0.15, 0.2) is 61.1 Å². The Morgan fingerprint density at radius 3 is 2.67 bits per heavy atom. The van der Waals surface area contributed by atoms with Crippen molar-refractivity contribution in [1.82, 2.24) is 19.9 Å². The lowest BCUT2D eigenvalue weighted by molar-refractivity contribution is -0.142. The number of aromatic amines is 1. The van der Waals surface area contributed by atoms with Gasteiger partial charge in [-0.25, -0.2) is 19.2 Å². The van der Waals surface area contributed by atoms with Crippen LogP contribution in [0.25, 0.3) is 11.0 Å². The lowest BCUT2D eigenvalue weighted by Gasteiger charge is -2.25. The maximum absolute atomic E-state index is 15.2. The van der Waals surface area contributed by atoms with Crippen LogP contribution in [0.5, 0.6) is 11.5 Å². The van der Waals surface area contributed by atoms with Gasteiger partial charge in [0.1, 0.15) is 35.1 Å². The predicted molar refractivity (Wildman–Crippen MR) is 149 cm³/mol. The Morgan fingerprint density at radius 2 is 1.88 bits per heavy atom. The molecule has 2 aliphatic heterocycles. The maximum Gasteiger partial charge on any atom is 0.338 e. The number of nitrogens with zero attached hydrogens (tertiary/aromatic N) is 3. The fourth-order valence-corrected chi connectivity index (χ4v) is 5.19. The van der Waals surface area contributed by atoms with Gasteiger partial charge in [0.05, 0.1) is 23.6 Å². The molecule has 4 heterocycles. The van der Waals surface area contributed by atoms with Crippen LogP contribution in [0, 0.1) is 5.82 Å². The van der Waals surface area contributed by atoms with Gasteiger partial charge in [-0.1, -0.05) is 18.2 Å². The average molecular weight is 574 g/mol. The highest BCUT2D eigenvalue weighted by Gasteiger charge is 2.53. The smallest absolute Gasteiger partial charge is 0.338 e. The second-order valence-corrected chi connectivity index (χ2v) is 10.2. The van der Waals surface area contributed by atoms with E-state index in [0.29, 0.717) is 35.7 Å². The van der Waals surface area contributed by atoms with E-state index in [1.807, 2.05) is 6.07 Å². The van der Waals surface area contributed by atoms with E-state index in [9.17, 15) is 14.4 Å². The molecule has 42 heavy (non-hydrogen) atoms. The van der Waals surface area contributed by atoms with Crippen molar-refractivity contribution in [2.45, 2.75) is 37.5 Å². The minimum Gasteiger partial charge on any atom is -0.467 e. The summed E-state index contributed by atoms with van der Waals surface area (Å²) in [5, 5.41) is 3.79. The summed E-state index contributed by atoms with van der Waals surface area (Å²) in [4.78, 5) is 51.6. The lowest BCUT2D eigenvalue weighted by Crippen LogP contribution is -2.42. The SMILES string of the molecule is COC(=O)C1OC1C(=O)N1CCCCC(Nc2ncnc3[nH]cc(C(=O)c4ccc(Oc5ccccc5)cc4F)c23)C1. The molecule has 0 spiro atoms. The van der Waals surface area contributed by atoms with Crippen molar-refractivity contribution in [3.8, 4) is 11.5 Å². The molecule has 0 saturated carbocycles. The molecule has 6 rings (SSSR count). The number of likely N-dealkylation sites (tertiary alicyclic amines) is 1. The normalized spacial score (nSPS) is 20.0. The molecule has 1 amide bonds. The first kappa shape index (κ1) is 27.3. The molecule has 0 aliphatic carbocycles. The van der Waals surface area contributed by atoms with Gasteiger partial charge in [-0.2, -0.15) is 0 Å². The van der Waals surface area contributed by atoms with Gasteiger partial charge < -0.3 is 29.4 Å². The van der Waals surface area contributed by atoms with Crippen molar-refractivity contribution >= 4 is 34.5 Å². The number of carbonyl (C=O) groups is 3. The summed E-state index contributed by atoms with van der Waals surface area (Å²) in [5.74, 6) is -0.891. The van der Waals surface area contributed by atoms with Crippen LogP contribution in [-0.2, 0) is 19.1 Å². The van der Waals surface area contributed by atoms with Gasteiger partial charge in [0.25, 0.3) is 5.91 Å². The number of H-pyrrole nitrogens is 1. The number of esters is 1. The number of ether oxygens (including phenoxy) is 3. The number of fused-ring (bicyclic) bond motifs is 1. The van der Waals surface area contributed by atoms with Crippen LogP contribution in [0.2, 0.25) is 0 Å². The fraction of sp³-hybridized carbons (Fsp3) is 0.300. The Labute approximate surface area is 240 Å². The van der Waals surface area contributed by atoms with Crippen LogP contribution in [0.4, 0.5) is 10.2 Å². The van der Waals surface area contributed by atoms with Crippen molar-refractivity contribution < 1.29 is 33.0 Å². The summed E-state index contributed by atoms with van der Waals surface area (Å²) < 4.78 is 30.8. The topological polar surface area (TPSA) is 139 Å². The minimum atomic E-state index is -0.869. The van der Waals surface area contributed by atoms with E-state index in [-0.39, 0.29) is 28.8 Å². The molecule has 2 saturated heterocycles. The number of hydrogen-bond acceptors (Lipinski definition) is 9. The molecule has 11 nitrogen and oxygen atoms in total. The summed E-state index contributed by atoms with van der Waals surface area (Å²) in [6.45, 7) is 0.879. The van der Waals surface area contributed by atoms with E-state index in [0.717, 1.165) is 19.3 Å². The van der Waals surface area contributed by atoms with E-state index in [2.05, 4.69) is 25.0 Å². The highest BCUT2D eigenvalue weighted by molar-refractivity contribution is 6.18. The Morgan fingerprint density at radius 1 is 1.05 bits per heavy atom. The first-order valence-corrected chi connectivity index (χ1v) is 13.6. The Kier molecular flexibility index (Phi) is 7.53. The molecular formula is C30H28FN5O6. The number of anilines is 1. The van der Waals surface area contributed by atoms with Gasteiger partial charge in [-0.15, -0.1) is 0 Å². The number of nitrogens with one attached hydrogen (secondary N) is 2. The minimum absolute atomic E-state index is 0.123. The van der Waals surface area contributed by atoms with Gasteiger partial charge in [-0.3, -0.25) is 9.59 Å². The number of rotatable bonds is 8. The molecule has 2 aliphatic rings. The molecule has 2 N–H and O–H groups in total. The van der Waals surface area contributed by atoms with Crippen molar-refractivity contribution in [2.24, 2.45) is 0 Å². The monoisotopic (exact) mass is 573 g/mol. The Bertz CT molecular complexity index is 1640. The quantitative estimate of drug-likeness (QED) is 0.183. The molecule has 0 radical (unpaired) electrons. The van der Waals surface area contributed by atoms with Gasteiger partial charge in [0, 0.05) is 31.4 Å². The number of ketones is 1. The Balaban J connectivity index is 1.21. The summed E-state index contributed by atoms with van der Waals surface area (Å²) in [6, 6.07) is 12.9. The number of halogens is 1. The third kappa shape index (κ3) is 5.53. The zero-order chi connectivity index (χ0) is 29.2. The lowest BCUT2D eigenvalue weighted by atomic mass is 10.0. The second-order valence-electron chi connectivity index (χ2n) is 10.2. The molecule has 2 fully saturated rings. The number of epoxide rings is 1. The van der Waals surface area contributed by atoms with Gasteiger partial charge in [0.15, 0.2) is 18.0 Å². The van der Waals surface area contributed by atoms with Crippen molar-refractivity contribution in [3.63, 3.8) is 0 Å². The Hall–Kier alpha value is -4.84. The largest absolute Gasteiger partial charge is 0.467 e. The van der Waals surface area contributed by atoms with Crippen LogP contribution in [0.3, 0.4) is 0 Å². The van der Waals surface area contributed by atoms with Crippen molar-refractivity contribution in [1.29, 1.82) is 0 Å². The van der Waals surface area contributed by atoms with Crippen LogP contribution in [0.1, 0.15) is 35.2 Å². The summed E-state index contributed by atoms with van der Waals surface area (Å²) >= 11 is 0. The number of amides is 1. The average Bonchev–Trinajstić information content (AvgIpc) is 3.74. The van der Waals surface area contributed by atoms with Gasteiger partial charge in [0.2, 0.25) is 0 Å². The first-order valence-electron chi connectivity index (χ1n) is 13.6. The number of aromatic nitrogens is 3. The molecule has 216 valence electrons. The third-order valence-corrected chi connectivity index (χ3v) is 7.37. The van der Waals surface area contributed by atoms with Gasteiger partial charge >= 0.3 is 5.97 Å². The van der Waals surface area contributed by atoms with E-state index in [1.165, 1.54) is 31.8 Å². The molecule has 2 aromatic carbocycles. The number of benzene rings is 2. The number of carbonyl (C=O) groups excluding carboxylic acids is 3. The summed E-state index contributed by atoms with van der Waals surface area (Å²) in [7, 11) is 1.25. The predicted octanol–water partition coefficient (Wildman–Crippen LogP) is 3.85. The molecule has 4 aromatic rings. The number of para-hydroxylation sites is 1. The van der Waals surface area contributed by atoms with E-state index < -0.39 is 29.8 Å². The molecule has 2 aromatic heterocycles. The summed E-state index contributed by atoms with van der Waals surface area (Å²) in [5.41, 5.74) is 0.494. The first-order chi connectivity index (χ1) is 20.4. The van der Waals surface area contributed by atoms with E-state index in [4.69, 9.17) is 9.47 Å². The highest BCUT2D eigenvalue weighted by atomic mass is 19.1. The summed E-state index contributed by atoms with van der Waals surface area (Å²) in [6.07, 6.45) is 3.53. The molecule has 3 unspecified atom stereocenters. The highest BCUT2D eigenvalue weighted by Crippen LogP contribution is 2.31. The van der Waals surface area contributed by atoms with E-state index >= 15 is 4.39 Å². The van der Waals surface area contributed by atoms with Crippen LogP contribution >= 0.6 is 0 Å². The molecule has 12 heteroatoms. The van der Waals surface area contributed by atoms with Gasteiger partial charge in [-0.05, 0) is 43.5 Å². The zero-order valence-corrected chi connectivity index (χ0v) is 22.7. The fourth-order valence-electron chi connectivity index (χ4n) is 5.19. The molecule has 3 atom stereocenters. The molecule has 0 bridgehead atoms. The van der Waals surface area contributed by atoms with E-state index in [1.54, 1.807) is 35.2 Å². The van der Waals surface area contributed by atoms with Crippen LogP contribution < -0.4 is 10.1 Å². The zero-order valence-electron chi connectivity index (χ0n) is 22.7. The second kappa shape index (κ2) is 11.6. The number of hydrogen-bond donors (Lipinski definition) is 2.